The molecule has 7 heteroatoms. The van der Waals surface area contributed by atoms with Crippen molar-refractivity contribution in [1.82, 2.24) is 16.1 Å². The average molecular weight is 247 g/mol. The molecule has 2 amide bonds. The molecule has 0 aromatic heterocycles. The minimum absolute atomic E-state index is 0.0812. The van der Waals surface area contributed by atoms with Gasteiger partial charge in [0.2, 0.25) is 11.8 Å². The zero-order chi connectivity index (χ0) is 12.4. The smallest absolute Gasteiger partial charge is 0.245 e. The Labute approximate surface area is 100 Å². The summed E-state index contributed by atoms with van der Waals surface area (Å²) in [6.45, 7) is 2.41. The first-order valence-electron chi connectivity index (χ1n) is 4.89. The van der Waals surface area contributed by atoms with Crippen LogP contribution in [0.1, 0.15) is 19.8 Å². The summed E-state index contributed by atoms with van der Waals surface area (Å²) < 4.78 is 0. The van der Waals surface area contributed by atoms with Crippen molar-refractivity contribution in [2.75, 3.05) is 20.2 Å². The number of hydroxylamine groups is 1. The maximum Gasteiger partial charge on any atom is 0.245 e. The first-order chi connectivity index (χ1) is 7.56. The van der Waals surface area contributed by atoms with Crippen LogP contribution >= 0.6 is 12.2 Å². The van der Waals surface area contributed by atoms with E-state index in [1.165, 1.54) is 14.0 Å². The number of nitrogens with one attached hydrogen (secondary N) is 3. The molecule has 0 radical (unpaired) electrons. The minimum atomic E-state index is -0.209. The summed E-state index contributed by atoms with van der Waals surface area (Å²) in [6.07, 6.45) is 0.856. The third kappa shape index (κ3) is 9.35. The molecule has 0 aliphatic rings. The third-order valence-electron chi connectivity index (χ3n) is 1.62. The van der Waals surface area contributed by atoms with E-state index in [0.29, 0.717) is 24.5 Å². The molecule has 0 rings (SSSR count). The number of hydrogen-bond donors (Lipinski definition) is 3. The molecule has 0 saturated heterocycles. The van der Waals surface area contributed by atoms with Gasteiger partial charge in [-0.15, -0.1) is 0 Å². The molecule has 0 bridgehead atoms. The number of hydrogen-bond acceptors (Lipinski definition) is 4. The van der Waals surface area contributed by atoms with Gasteiger partial charge in [-0.2, -0.15) is 0 Å². The molecule has 0 aliphatic carbocycles. The molecule has 0 fully saturated rings. The van der Waals surface area contributed by atoms with E-state index in [1.807, 2.05) is 0 Å². The van der Waals surface area contributed by atoms with Crippen LogP contribution < -0.4 is 16.1 Å². The third-order valence-corrected chi connectivity index (χ3v) is 1.96. The first-order valence-corrected chi connectivity index (χ1v) is 5.30. The monoisotopic (exact) mass is 247 g/mol. The maximum atomic E-state index is 11.0. The highest BCUT2D eigenvalue weighted by Crippen LogP contribution is 1.84. The Kier molecular flexibility index (Phi) is 8.36. The molecule has 6 nitrogen and oxygen atoms in total. The highest BCUT2D eigenvalue weighted by Gasteiger charge is 2.01. The lowest BCUT2D eigenvalue weighted by Crippen LogP contribution is -2.31. The molecular weight excluding hydrogens is 230 g/mol. The molecule has 0 aromatic carbocycles. The van der Waals surface area contributed by atoms with Gasteiger partial charge in [0.25, 0.3) is 0 Å². The van der Waals surface area contributed by atoms with E-state index in [4.69, 9.17) is 12.2 Å². The molecule has 92 valence electrons. The molecule has 0 spiro atoms. The van der Waals surface area contributed by atoms with Gasteiger partial charge in [-0.3, -0.25) is 14.4 Å². The van der Waals surface area contributed by atoms with E-state index in [9.17, 15) is 9.59 Å². The van der Waals surface area contributed by atoms with Crippen LogP contribution in [0, 0.1) is 0 Å². The van der Waals surface area contributed by atoms with Crippen LogP contribution in [0.15, 0.2) is 0 Å². The van der Waals surface area contributed by atoms with E-state index in [2.05, 4.69) is 21.0 Å². The summed E-state index contributed by atoms with van der Waals surface area (Å²) >= 11 is 5.00. The zero-order valence-corrected chi connectivity index (χ0v) is 10.3. The van der Waals surface area contributed by atoms with Crippen molar-refractivity contribution in [3.63, 3.8) is 0 Å². The predicted octanol–water partition coefficient (Wildman–Crippen LogP) is -0.503. The van der Waals surface area contributed by atoms with Crippen LogP contribution in [0.4, 0.5) is 0 Å². The topological polar surface area (TPSA) is 79.5 Å². The second-order valence-electron chi connectivity index (χ2n) is 3.06. The summed E-state index contributed by atoms with van der Waals surface area (Å²) in [5.41, 5.74) is 2.20. The summed E-state index contributed by atoms with van der Waals surface area (Å²) in [5, 5.41) is 5.54. The van der Waals surface area contributed by atoms with Gasteiger partial charge in [-0.05, 0) is 0 Å². The van der Waals surface area contributed by atoms with E-state index in [-0.39, 0.29) is 18.2 Å². The van der Waals surface area contributed by atoms with Crippen molar-refractivity contribution >= 4 is 29.0 Å². The number of carbonyl (C=O) groups is 2. The highest BCUT2D eigenvalue weighted by atomic mass is 32.1. The second-order valence-corrected chi connectivity index (χ2v) is 3.56. The Morgan fingerprint density at radius 1 is 1.19 bits per heavy atom. The Morgan fingerprint density at radius 2 is 1.81 bits per heavy atom. The molecule has 0 aromatic rings. The predicted molar refractivity (Wildman–Crippen MR) is 63.7 cm³/mol. The molecule has 0 atom stereocenters. The molecule has 16 heavy (non-hydrogen) atoms. The van der Waals surface area contributed by atoms with E-state index in [0.717, 1.165) is 0 Å². The molecule has 0 unspecified atom stereocenters. The molecule has 0 heterocycles. The summed E-state index contributed by atoms with van der Waals surface area (Å²) in [6, 6.07) is 0. The number of rotatable bonds is 7. The Bertz CT molecular complexity index is 258. The Balaban J connectivity index is 3.43. The SMILES string of the molecule is CONC(=O)CCNC(=S)CCNC(C)=O. The van der Waals surface area contributed by atoms with Crippen LogP contribution in [0.2, 0.25) is 0 Å². The fraction of sp³-hybridized carbons (Fsp3) is 0.667. The highest BCUT2D eigenvalue weighted by molar-refractivity contribution is 7.80. The van der Waals surface area contributed by atoms with Gasteiger partial charge in [0, 0.05) is 32.9 Å². The molecule has 0 aliphatic heterocycles. The van der Waals surface area contributed by atoms with Gasteiger partial charge in [-0.1, -0.05) is 12.2 Å². The van der Waals surface area contributed by atoms with Crippen LogP contribution in [0.25, 0.3) is 0 Å². The van der Waals surface area contributed by atoms with Crippen LogP contribution in [-0.2, 0) is 14.4 Å². The van der Waals surface area contributed by atoms with Gasteiger partial charge in [0.1, 0.15) is 0 Å². The van der Waals surface area contributed by atoms with Crippen molar-refractivity contribution in [2.24, 2.45) is 0 Å². The minimum Gasteiger partial charge on any atom is -0.379 e. The Hall–Kier alpha value is -1.21. The van der Waals surface area contributed by atoms with Gasteiger partial charge < -0.3 is 10.6 Å². The van der Waals surface area contributed by atoms with Crippen molar-refractivity contribution < 1.29 is 14.4 Å². The summed E-state index contributed by atoms with van der Waals surface area (Å²) in [4.78, 5) is 26.6. The lowest BCUT2D eigenvalue weighted by Gasteiger charge is -2.07. The van der Waals surface area contributed by atoms with E-state index < -0.39 is 0 Å². The first kappa shape index (κ1) is 14.8. The average Bonchev–Trinajstić information content (AvgIpc) is 2.17. The quantitative estimate of drug-likeness (QED) is 0.417. The van der Waals surface area contributed by atoms with Crippen LogP contribution in [-0.4, -0.2) is 37.0 Å². The van der Waals surface area contributed by atoms with Gasteiger partial charge >= 0.3 is 0 Å². The number of amides is 2. The number of carbonyl (C=O) groups excluding carboxylic acids is 2. The largest absolute Gasteiger partial charge is 0.379 e. The maximum absolute atomic E-state index is 11.0. The fourth-order valence-corrected chi connectivity index (χ4v) is 1.12. The second kappa shape index (κ2) is 9.05. The van der Waals surface area contributed by atoms with Crippen molar-refractivity contribution in [1.29, 1.82) is 0 Å². The van der Waals surface area contributed by atoms with Gasteiger partial charge in [-0.25, -0.2) is 5.48 Å². The van der Waals surface area contributed by atoms with Crippen LogP contribution in [0.3, 0.4) is 0 Å². The molecule has 0 saturated carbocycles. The van der Waals surface area contributed by atoms with Crippen molar-refractivity contribution in [3.8, 4) is 0 Å². The fourth-order valence-electron chi connectivity index (χ4n) is 0.921. The molecule has 3 N–H and O–H groups in total. The standard InChI is InChI=1S/C9H17N3O3S/c1-7(13)10-6-4-9(16)11-5-3-8(14)12-15-2/h3-6H2,1-2H3,(H,10,13)(H,11,16)(H,12,14). The van der Waals surface area contributed by atoms with Crippen LogP contribution in [0.5, 0.6) is 0 Å². The Morgan fingerprint density at radius 3 is 2.38 bits per heavy atom. The normalized spacial score (nSPS) is 9.38. The lowest BCUT2D eigenvalue weighted by atomic mass is 10.3. The van der Waals surface area contributed by atoms with Gasteiger partial charge in [0.05, 0.1) is 12.1 Å². The summed E-state index contributed by atoms with van der Waals surface area (Å²) in [5.74, 6) is -0.290. The lowest BCUT2D eigenvalue weighted by molar-refractivity contribution is -0.131. The van der Waals surface area contributed by atoms with Crippen molar-refractivity contribution in [2.45, 2.75) is 19.8 Å². The summed E-state index contributed by atoms with van der Waals surface area (Å²) in [7, 11) is 1.38. The van der Waals surface area contributed by atoms with E-state index in [1.54, 1.807) is 0 Å². The molecular formula is C9H17N3O3S. The van der Waals surface area contributed by atoms with Gasteiger partial charge in [0.15, 0.2) is 0 Å². The number of thiocarbonyl (C=S) groups is 1. The van der Waals surface area contributed by atoms with Crippen molar-refractivity contribution in [3.05, 3.63) is 0 Å². The van der Waals surface area contributed by atoms with E-state index >= 15 is 0 Å². The zero-order valence-electron chi connectivity index (χ0n) is 9.46.